The van der Waals surface area contributed by atoms with Crippen LogP contribution in [0.15, 0.2) is 64.4 Å². The number of amides is 1. The first-order chi connectivity index (χ1) is 13.7. The fourth-order valence-electron chi connectivity index (χ4n) is 2.92. The number of halogens is 1. The Morgan fingerprint density at radius 1 is 0.897 bits per heavy atom. The average Bonchev–Trinajstić information content (AvgIpc) is 2.73. The quantitative estimate of drug-likeness (QED) is 0.709. The highest BCUT2D eigenvalue weighted by Crippen LogP contribution is 2.20. The topological polar surface area (TPSA) is 104 Å². The minimum absolute atomic E-state index is 0.00611. The first-order valence-electron chi connectivity index (χ1n) is 8.79. The van der Waals surface area contributed by atoms with Crippen LogP contribution in [0.25, 0.3) is 0 Å². The van der Waals surface area contributed by atoms with Gasteiger partial charge in [0.1, 0.15) is 10.7 Å². The zero-order chi connectivity index (χ0) is 21.1. The van der Waals surface area contributed by atoms with E-state index in [4.69, 9.17) is 0 Å². The van der Waals surface area contributed by atoms with Gasteiger partial charge < -0.3 is 4.90 Å². The molecule has 29 heavy (non-hydrogen) atoms. The largest absolute Gasteiger partial charge is 0.339 e. The van der Waals surface area contributed by atoms with Crippen molar-refractivity contribution in [2.75, 3.05) is 32.7 Å². The number of carbonyl (C=O) groups is 1. The molecule has 8 nitrogen and oxygen atoms in total. The number of rotatable bonds is 6. The van der Waals surface area contributed by atoms with Crippen molar-refractivity contribution in [1.29, 1.82) is 0 Å². The SMILES string of the molecule is O=C(CNS(=O)(=O)c1ccccc1)N1CCN(S(=O)(=O)c2ccccc2F)CC1. The molecule has 0 saturated carbocycles. The summed E-state index contributed by atoms with van der Waals surface area (Å²) >= 11 is 0. The Bertz CT molecular complexity index is 1080. The monoisotopic (exact) mass is 441 g/mol. The molecule has 3 rings (SSSR count). The predicted octanol–water partition coefficient (Wildman–Crippen LogP) is 0.637. The molecule has 1 aliphatic rings. The van der Waals surface area contributed by atoms with Gasteiger partial charge in [-0.25, -0.2) is 25.9 Å². The van der Waals surface area contributed by atoms with Gasteiger partial charge in [0.2, 0.25) is 26.0 Å². The molecule has 1 aliphatic heterocycles. The van der Waals surface area contributed by atoms with Gasteiger partial charge in [-0.1, -0.05) is 30.3 Å². The molecule has 0 spiro atoms. The van der Waals surface area contributed by atoms with Crippen LogP contribution in [0.3, 0.4) is 0 Å². The zero-order valence-electron chi connectivity index (χ0n) is 15.4. The normalized spacial score (nSPS) is 16.0. The van der Waals surface area contributed by atoms with E-state index < -0.39 is 43.2 Å². The average molecular weight is 442 g/mol. The molecule has 0 aromatic heterocycles. The maximum absolute atomic E-state index is 13.9. The summed E-state index contributed by atoms with van der Waals surface area (Å²) in [6.07, 6.45) is 0. The van der Waals surface area contributed by atoms with Crippen molar-refractivity contribution in [1.82, 2.24) is 13.9 Å². The summed E-state index contributed by atoms with van der Waals surface area (Å²) in [7, 11) is -7.82. The second-order valence-corrected chi connectivity index (χ2v) is 10.0. The number of hydrogen-bond acceptors (Lipinski definition) is 5. The second kappa shape index (κ2) is 8.57. The van der Waals surface area contributed by atoms with Gasteiger partial charge in [-0.2, -0.15) is 4.31 Å². The van der Waals surface area contributed by atoms with Crippen LogP contribution in [-0.2, 0) is 24.8 Å². The molecule has 2 aromatic carbocycles. The molecule has 0 bridgehead atoms. The summed E-state index contributed by atoms with van der Waals surface area (Å²) in [5.74, 6) is -1.30. The third kappa shape index (κ3) is 4.81. The van der Waals surface area contributed by atoms with Gasteiger partial charge in [0.15, 0.2) is 0 Å². The Kier molecular flexibility index (Phi) is 6.32. The number of hydrogen-bond donors (Lipinski definition) is 1. The van der Waals surface area contributed by atoms with Crippen LogP contribution in [-0.4, -0.2) is 64.7 Å². The van der Waals surface area contributed by atoms with E-state index in [0.29, 0.717) is 0 Å². The van der Waals surface area contributed by atoms with E-state index in [1.165, 1.54) is 35.2 Å². The fraction of sp³-hybridized carbons (Fsp3) is 0.278. The Hall–Kier alpha value is -2.34. The lowest BCUT2D eigenvalue weighted by Crippen LogP contribution is -2.52. The minimum Gasteiger partial charge on any atom is -0.339 e. The van der Waals surface area contributed by atoms with Crippen LogP contribution in [0.2, 0.25) is 0 Å². The maximum atomic E-state index is 13.9. The number of piperazine rings is 1. The van der Waals surface area contributed by atoms with Crippen molar-refractivity contribution < 1.29 is 26.0 Å². The minimum atomic E-state index is -4.00. The third-order valence-electron chi connectivity index (χ3n) is 4.51. The van der Waals surface area contributed by atoms with Gasteiger partial charge in [0, 0.05) is 26.2 Å². The lowest BCUT2D eigenvalue weighted by atomic mass is 10.3. The Morgan fingerprint density at radius 3 is 2.10 bits per heavy atom. The molecule has 1 fully saturated rings. The third-order valence-corrected chi connectivity index (χ3v) is 7.86. The number of carbonyl (C=O) groups excluding carboxylic acids is 1. The Balaban J connectivity index is 1.58. The number of benzene rings is 2. The lowest BCUT2D eigenvalue weighted by molar-refractivity contribution is -0.131. The predicted molar refractivity (Wildman–Crippen MR) is 103 cm³/mol. The van der Waals surface area contributed by atoms with E-state index in [0.717, 1.165) is 10.4 Å². The molecular weight excluding hydrogens is 421 g/mol. The van der Waals surface area contributed by atoms with Crippen molar-refractivity contribution in [2.24, 2.45) is 0 Å². The first-order valence-corrected chi connectivity index (χ1v) is 11.7. The van der Waals surface area contributed by atoms with Crippen molar-refractivity contribution in [2.45, 2.75) is 9.79 Å². The standard InChI is InChI=1S/C18H20FN3O5S2/c19-16-8-4-5-9-17(16)29(26,27)22-12-10-21(11-13-22)18(23)14-20-28(24,25)15-6-2-1-3-7-15/h1-9,20H,10-14H2. The van der Waals surface area contributed by atoms with Crippen molar-refractivity contribution in [3.63, 3.8) is 0 Å². The van der Waals surface area contributed by atoms with Crippen LogP contribution in [0.5, 0.6) is 0 Å². The zero-order valence-corrected chi connectivity index (χ0v) is 17.0. The van der Waals surface area contributed by atoms with Gasteiger partial charge in [0.05, 0.1) is 11.4 Å². The van der Waals surface area contributed by atoms with Gasteiger partial charge in [-0.05, 0) is 24.3 Å². The molecule has 0 aliphatic carbocycles. The fourth-order valence-corrected chi connectivity index (χ4v) is 5.41. The van der Waals surface area contributed by atoms with Crippen molar-refractivity contribution in [3.05, 3.63) is 60.4 Å². The summed E-state index contributed by atoms with van der Waals surface area (Å²) in [6.45, 7) is -0.280. The van der Waals surface area contributed by atoms with Crippen LogP contribution in [0.1, 0.15) is 0 Å². The lowest BCUT2D eigenvalue weighted by Gasteiger charge is -2.34. The number of sulfonamides is 2. The van der Waals surface area contributed by atoms with Crippen LogP contribution in [0, 0.1) is 5.82 Å². The van der Waals surface area contributed by atoms with Gasteiger partial charge >= 0.3 is 0 Å². The van der Waals surface area contributed by atoms with E-state index in [9.17, 15) is 26.0 Å². The molecule has 1 heterocycles. The Labute approximate surface area is 169 Å². The molecule has 1 saturated heterocycles. The van der Waals surface area contributed by atoms with E-state index in [2.05, 4.69) is 4.72 Å². The highest BCUT2D eigenvalue weighted by Gasteiger charge is 2.32. The number of nitrogens with zero attached hydrogens (tertiary/aromatic N) is 2. The summed E-state index contributed by atoms with van der Waals surface area (Å²) in [5, 5.41) is 0. The van der Waals surface area contributed by atoms with Gasteiger partial charge in [-0.3, -0.25) is 4.79 Å². The van der Waals surface area contributed by atoms with Crippen LogP contribution < -0.4 is 4.72 Å². The molecule has 1 amide bonds. The van der Waals surface area contributed by atoms with Crippen LogP contribution in [0.4, 0.5) is 4.39 Å². The summed E-state index contributed by atoms with van der Waals surface area (Å²) in [5.41, 5.74) is 0. The van der Waals surface area contributed by atoms with Gasteiger partial charge in [0.25, 0.3) is 0 Å². The summed E-state index contributed by atoms with van der Waals surface area (Å²) in [6, 6.07) is 12.8. The van der Waals surface area contributed by atoms with Crippen molar-refractivity contribution >= 4 is 26.0 Å². The molecule has 2 aromatic rings. The summed E-state index contributed by atoms with van der Waals surface area (Å²) in [4.78, 5) is 13.3. The highest BCUT2D eigenvalue weighted by atomic mass is 32.2. The number of nitrogens with one attached hydrogen (secondary N) is 1. The van der Waals surface area contributed by atoms with Crippen molar-refractivity contribution in [3.8, 4) is 0 Å². The molecule has 156 valence electrons. The van der Waals surface area contributed by atoms with E-state index >= 15 is 0 Å². The molecular formula is C18H20FN3O5S2. The maximum Gasteiger partial charge on any atom is 0.246 e. The van der Waals surface area contributed by atoms with E-state index in [1.54, 1.807) is 18.2 Å². The second-order valence-electron chi connectivity index (χ2n) is 6.35. The smallest absolute Gasteiger partial charge is 0.246 e. The van der Waals surface area contributed by atoms with E-state index in [1.807, 2.05) is 0 Å². The molecule has 0 atom stereocenters. The van der Waals surface area contributed by atoms with E-state index in [-0.39, 0.29) is 31.1 Å². The highest BCUT2D eigenvalue weighted by molar-refractivity contribution is 7.89. The molecule has 1 N–H and O–H groups in total. The summed E-state index contributed by atoms with van der Waals surface area (Å²) < 4.78 is 66.8. The van der Waals surface area contributed by atoms with Crippen LogP contribution >= 0.6 is 0 Å². The Morgan fingerprint density at radius 2 is 1.48 bits per heavy atom. The molecule has 11 heteroatoms. The van der Waals surface area contributed by atoms with Gasteiger partial charge in [-0.15, -0.1) is 0 Å². The molecule has 0 unspecified atom stereocenters. The molecule has 0 radical (unpaired) electrons. The first kappa shape index (κ1) is 21.4.